The number of benzene rings is 1. The van der Waals surface area contributed by atoms with E-state index in [-0.39, 0.29) is 22.5 Å². The number of carbonyl (C=O) groups excluding carboxylic acids is 2. The summed E-state index contributed by atoms with van der Waals surface area (Å²) in [6.07, 6.45) is 0.856. The Kier molecular flexibility index (Phi) is 8.02. The van der Waals surface area contributed by atoms with Gasteiger partial charge in [0, 0.05) is 24.5 Å². The van der Waals surface area contributed by atoms with Crippen LogP contribution in [-0.4, -0.2) is 67.5 Å². The van der Waals surface area contributed by atoms with E-state index >= 15 is 0 Å². The zero-order chi connectivity index (χ0) is 28.4. The molecule has 11 heteroatoms. The fraction of sp³-hybridized carbons (Fsp3) is 0.654. The van der Waals surface area contributed by atoms with E-state index < -0.39 is 38.3 Å². The number of amides is 1. The SMILES string of the molecule is CO[C@@H]1C(=O)N2[C@@H]1SC(C)(C)[C@]2(N=Cc1cc(C(C)(C)C)c(O)c(C(C)(C)C)c1)C(=O)OCC(Cl)(Cl)Cl. The van der Waals surface area contributed by atoms with Gasteiger partial charge < -0.3 is 14.6 Å². The molecule has 3 atom stereocenters. The van der Waals surface area contributed by atoms with Crippen LogP contribution in [0.25, 0.3) is 0 Å². The first kappa shape index (κ1) is 30.4. The number of alkyl halides is 3. The molecule has 0 unspecified atom stereocenters. The molecular formula is C26H35Cl3N2O5S. The van der Waals surface area contributed by atoms with Crippen molar-refractivity contribution in [1.82, 2.24) is 4.90 Å². The Balaban J connectivity index is 2.19. The molecule has 2 aliphatic rings. The third-order valence-corrected chi connectivity index (χ3v) is 8.55. The molecule has 1 amide bonds. The minimum absolute atomic E-state index is 0.228. The highest BCUT2D eigenvalue weighted by Gasteiger charge is 2.74. The molecule has 206 valence electrons. The number of nitrogens with zero attached hydrogens (tertiary/aromatic N) is 2. The predicted molar refractivity (Wildman–Crippen MR) is 150 cm³/mol. The van der Waals surface area contributed by atoms with Gasteiger partial charge >= 0.3 is 5.97 Å². The van der Waals surface area contributed by atoms with Crippen molar-refractivity contribution in [3.05, 3.63) is 28.8 Å². The Morgan fingerprint density at radius 1 is 1.14 bits per heavy atom. The van der Waals surface area contributed by atoms with Gasteiger partial charge in [0.15, 0.2) is 6.10 Å². The molecule has 7 nitrogen and oxygen atoms in total. The molecule has 37 heavy (non-hydrogen) atoms. The first-order chi connectivity index (χ1) is 16.7. The van der Waals surface area contributed by atoms with Crippen LogP contribution in [0.2, 0.25) is 0 Å². The number of β-lactam (4-membered cyclic amide) rings is 1. The van der Waals surface area contributed by atoms with Gasteiger partial charge in [0.2, 0.25) is 9.46 Å². The van der Waals surface area contributed by atoms with Crippen molar-refractivity contribution in [2.24, 2.45) is 4.99 Å². The summed E-state index contributed by atoms with van der Waals surface area (Å²) >= 11 is 18.9. The van der Waals surface area contributed by atoms with Crippen LogP contribution in [0, 0.1) is 0 Å². The molecule has 0 aliphatic carbocycles. The van der Waals surface area contributed by atoms with Crippen LogP contribution in [0.4, 0.5) is 0 Å². The number of rotatable bonds is 5. The van der Waals surface area contributed by atoms with E-state index in [9.17, 15) is 14.7 Å². The monoisotopic (exact) mass is 592 g/mol. The number of aliphatic imine (C=N–C) groups is 1. The minimum atomic E-state index is -1.83. The molecular weight excluding hydrogens is 559 g/mol. The van der Waals surface area contributed by atoms with Gasteiger partial charge in [0.25, 0.3) is 5.91 Å². The molecule has 0 spiro atoms. The zero-order valence-corrected chi connectivity index (χ0v) is 25.7. The molecule has 0 bridgehead atoms. The molecule has 1 N–H and O–H groups in total. The van der Waals surface area contributed by atoms with Crippen LogP contribution in [-0.2, 0) is 29.9 Å². The molecule has 2 aliphatic heterocycles. The number of aromatic hydroxyl groups is 1. The van der Waals surface area contributed by atoms with Crippen LogP contribution in [0.15, 0.2) is 17.1 Å². The summed E-state index contributed by atoms with van der Waals surface area (Å²) in [7, 11) is 1.45. The van der Waals surface area contributed by atoms with Gasteiger partial charge in [0.1, 0.15) is 17.7 Å². The third-order valence-electron chi connectivity index (χ3n) is 6.65. The quantitative estimate of drug-likeness (QED) is 0.203. The smallest absolute Gasteiger partial charge is 0.356 e. The summed E-state index contributed by atoms with van der Waals surface area (Å²) in [5.41, 5.74) is -0.296. The topological polar surface area (TPSA) is 88.4 Å². The molecule has 2 heterocycles. The van der Waals surface area contributed by atoms with Crippen LogP contribution in [0.5, 0.6) is 5.75 Å². The summed E-state index contributed by atoms with van der Waals surface area (Å²) in [4.78, 5) is 33.0. The molecule has 1 aromatic carbocycles. The number of halogens is 3. The second-order valence-electron chi connectivity index (χ2n) is 12.0. The van der Waals surface area contributed by atoms with E-state index in [1.807, 2.05) is 67.5 Å². The average Bonchev–Trinajstić information content (AvgIpc) is 2.93. The van der Waals surface area contributed by atoms with Crippen LogP contribution in [0.3, 0.4) is 0 Å². The summed E-state index contributed by atoms with van der Waals surface area (Å²) in [6, 6.07) is 3.69. The van der Waals surface area contributed by atoms with Crippen molar-refractivity contribution < 1.29 is 24.2 Å². The normalized spacial score (nSPS) is 25.8. The number of methoxy groups -OCH3 is 1. The summed E-state index contributed by atoms with van der Waals surface area (Å²) in [5, 5.41) is 10.7. The number of hydrogen-bond acceptors (Lipinski definition) is 7. The van der Waals surface area contributed by atoms with Gasteiger partial charge in [-0.05, 0) is 42.4 Å². The van der Waals surface area contributed by atoms with Crippen molar-refractivity contribution in [2.75, 3.05) is 13.7 Å². The summed E-state index contributed by atoms with van der Waals surface area (Å²) in [6.45, 7) is 15.2. The standard InChI is InChI=1S/C26H35Cl3N2O5S/c1-22(2,3)15-10-14(11-16(17(15)32)23(4,5)6)12-30-26(21(34)36-13-25(27,28)29)24(7,8)37-20-18(35-9)19(33)31(20)26/h10-12,18,20,32H,13H2,1-9H3/t18-,20-,26+/m1/s1. The maximum Gasteiger partial charge on any atom is 0.356 e. The highest BCUT2D eigenvalue weighted by molar-refractivity contribution is 8.01. The van der Waals surface area contributed by atoms with Gasteiger partial charge in [-0.15, -0.1) is 11.8 Å². The molecule has 2 saturated heterocycles. The van der Waals surface area contributed by atoms with E-state index in [0.29, 0.717) is 5.56 Å². The molecule has 0 radical (unpaired) electrons. The van der Waals surface area contributed by atoms with Crippen molar-refractivity contribution in [3.63, 3.8) is 0 Å². The fourth-order valence-electron chi connectivity index (χ4n) is 4.69. The summed E-state index contributed by atoms with van der Waals surface area (Å²) in [5.74, 6) is -0.944. The van der Waals surface area contributed by atoms with Crippen LogP contribution < -0.4 is 0 Å². The number of fused-ring (bicyclic) bond motifs is 1. The van der Waals surface area contributed by atoms with Crippen molar-refractivity contribution in [3.8, 4) is 5.75 Å². The lowest BCUT2D eigenvalue weighted by atomic mass is 9.78. The first-order valence-corrected chi connectivity index (χ1v) is 13.9. The maximum atomic E-state index is 13.7. The second kappa shape index (κ2) is 9.77. The van der Waals surface area contributed by atoms with Crippen LogP contribution >= 0.6 is 46.6 Å². The molecule has 0 aromatic heterocycles. The fourth-order valence-corrected chi connectivity index (χ4v) is 6.57. The Labute approximate surface area is 238 Å². The number of esters is 1. The number of phenols is 1. The van der Waals surface area contributed by atoms with Gasteiger partial charge in [-0.25, -0.2) is 4.79 Å². The van der Waals surface area contributed by atoms with Gasteiger partial charge in [-0.3, -0.25) is 14.7 Å². The van der Waals surface area contributed by atoms with E-state index in [4.69, 9.17) is 49.3 Å². The predicted octanol–water partition coefficient (Wildman–Crippen LogP) is 5.72. The zero-order valence-electron chi connectivity index (χ0n) is 22.6. The van der Waals surface area contributed by atoms with Crippen molar-refractivity contribution in [2.45, 2.75) is 91.9 Å². The summed E-state index contributed by atoms with van der Waals surface area (Å²) < 4.78 is 8.06. The number of carbonyl (C=O) groups is 2. The van der Waals surface area contributed by atoms with E-state index in [1.54, 1.807) is 6.21 Å². The molecule has 3 rings (SSSR count). The molecule has 1 aromatic rings. The third kappa shape index (κ3) is 5.46. The number of phenolic OH excluding ortho intramolecular Hbond substituents is 1. The second-order valence-corrected chi connectivity index (χ2v) is 16.2. The lowest BCUT2D eigenvalue weighted by molar-refractivity contribution is -0.185. The average molecular weight is 594 g/mol. The Morgan fingerprint density at radius 2 is 1.65 bits per heavy atom. The Morgan fingerprint density at radius 3 is 2.08 bits per heavy atom. The molecule has 2 fully saturated rings. The van der Waals surface area contributed by atoms with Crippen molar-refractivity contribution in [1.29, 1.82) is 0 Å². The maximum absolute atomic E-state index is 13.7. The lowest BCUT2D eigenvalue weighted by Gasteiger charge is -2.47. The molecule has 0 saturated carbocycles. The van der Waals surface area contributed by atoms with Gasteiger partial charge in [-0.1, -0.05) is 76.3 Å². The van der Waals surface area contributed by atoms with Gasteiger partial charge in [-0.2, -0.15) is 0 Å². The van der Waals surface area contributed by atoms with E-state index in [2.05, 4.69) is 0 Å². The lowest BCUT2D eigenvalue weighted by Crippen LogP contribution is -2.72. The van der Waals surface area contributed by atoms with Gasteiger partial charge in [0.05, 0.1) is 4.75 Å². The largest absolute Gasteiger partial charge is 0.507 e. The Bertz CT molecular complexity index is 1090. The Hall–Kier alpha value is -1.19. The first-order valence-electron chi connectivity index (χ1n) is 11.9. The number of hydrogen-bond donors (Lipinski definition) is 1. The number of thioether (sulfide) groups is 1. The highest BCUT2D eigenvalue weighted by Crippen LogP contribution is 2.58. The number of ether oxygens (including phenoxy) is 2. The highest BCUT2D eigenvalue weighted by atomic mass is 35.6. The van der Waals surface area contributed by atoms with Crippen LogP contribution in [0.1, 0.15) is 72.1 Å². The minimum Gasteiger partial charge on any atom is -0.507 e. The van der Waals surface area contributed by atoms with E-state index in [1.165, 1.54) is 23.8 Å². The van der Waals surface area contributed by atoms with Crippen molar-refractivity contribution >= 4 is 64.7 Å². The van der Waals surface area contributed by atoms with E-state index in [0.717, 1.165) is 11.1 Å².